The van der Waals surface area contributed by atoms with Gasteiger partial charge in [0, 0.05) is 42.5 Å². The van der Waals surface area contributed by atoms with Gasteiger partial charge < -0.3 is 15.0 Å². The highest BCUT2D eigenvalue weighted by molar-refractivity contribution is 5.91. The average molecular weight is 348 g/mol. The van der Waals surface area contributed by atoms with E-state index in [1.165, 1.54) is 6.33 Å². The molecule has 134 valence electrons. The van der Waals surface area contributed by atoms with E-state index in [2.05, 4.69) is 20.2 Å². The summed E-state index contributed by atoms with van der Waals surface area (Å²) in [6, 6.07) is 6.04. The quantitative estimate of drug-likeness (QED) is 0.921. The van der Waals surface area contributed by atoms with Crippen LogP contribution < -0.4 is 10.2 Å². The van der Waals surface area contributed by atoms with Crippen LogP contribution in [-0.2, 0) is 4.74 Å². The molecule has 1 saturated heterocycles. The molecule has 1 N–H and O–H groups in total. The number of hydrogen-bond acceptors (Lipinski definition) is 5. The minimum Gasteiger partial charge on any atom is -0.378 e. The van der Waals surface area contributed by atoms with Crippen molar-refractivity contribution in [2.45, 2.75) is 37.6 Å². The maximum atomic E-state index is 13.7. The highest BCUT2D eigenvalue weighted by Gasteiger charge is 2.47. The van der Waals surface area contributed by atoms with Gasteiger partial charge in [-0.25, -0.2) is 18.7 Å². The van der Waals surface area contributed by atoms with E-state index in [-0.39, 0.29) is 12.8 Å². The predicted octanol–water partition coefficient (Wildman–Crippen LogP) is 3.46. The highest BCUT2D eigenvalue weighted by Crippen LogP contribution is 2.43. The first kappa shape index (κ1) is 16.4. The second-order valence-corrected chi connectivity index (χ2v) is 7.24. The van der Waals surface area contributed by atoms with Crippen LogP contribution in [0.5, 0.6) is 0 Å². The summed E-state index contributed by atoms with van der Waals surface area (Å²) in [5.74, 6) is -1.98. The van der Waals surface area contributed by atoms with Gasteiger partial charge in [-0.3, -0.25) is 0 Å². The van der Waals surface area contributed by atoms with Gasteiger partial charge in [-0.1, -0.05) is 0 Å². The molecular weight excluding hydrogens is 326 g/mol. The summed E-state index contributed by atoms with van der Waals surface area (Å²) in [4.78, 5) is 10.9. The van der Waals surface area contributed by atoms with Gasteiger partial charge in [0.05, 0.1) is 18.7 Å². The molecule has 1 saturated carbocycles. The van der Waals surface area contributed by atoms with E-state index in [9.17, 15) is 8.78 Å². The Morgan fingerprint density at radius 2 is 1.96 bits per heavy atom. The lowest BCUT2D eigenvalue weighted by Crippen LogP contribution is -2.36. The number of nitrogens with one attached hydrogen (secondary N) is 1. The smallest absolute Gasteiger partial charge is 0.250 e. The Hall–Kier alpha value is -2.02. The normalized spacial score (nSPS) is 26.1. The molecule has 5 nitrogen and oxygen atoms in total. The summed E-state index contributed by atoms with van der Waals surface area (Å²) in [5.41, 5.74) is 1.23. The maximum Gasteiger partial charge on any atom is 0.250 e. The molecule has 2 fully saturated rings. The van der Waals surface area contributed by atoms with Crippen LogP contribution in [0.3, 0.4) is 0 Å². The van der Waals surface area contributed by atoms with Crippen molar-refractivity contribution in [3.05, 3.63) is 24.5 Å². The third-order valence-electron chi connectivity index (χ3n) is 5.11. The molecule has 2 aromatic rings. The lowest BCUT2D eigenvalue weighted by Gasteiger charge is -2.30. The lowest BCUT2D eigenvalue weighted by atomic mass is 10.00. The van der Waals surface area contributed by atoms with Crippen LogP contribution in [0.2, 0.25) is 0 Å². The summed E-state index contributed by atoms with van der Waals surface area (Å²) < 4.78 is 32.7. The first-order valence-corrected chi connectivity index (χ1v) is 8.68. The zero-order valence-electron chi connectivity index (χ0n) is 14.3. The summed E-state index contributed by atoms with van der Waals surface area (Å²) >= 11 is 0. The molecular formula is C18H22F2N4O. The molecule has 7 heteroatoms. The Bertz CT molecular complexity index is 779. The van der Waals surface area contributed by atoms with E-state index in [1.807, 2.05) is 25.1 Å². The highest BCUT2D eigenvalue weighted by atomic mass is 19.3. The van der Waals surface area contributed by atoms with E-state index in [4.69, 9.17) is 4.74 Å². The summed E-state index contributed by atoms with van der Waals surface area (Å²) in [7, 11) is 0. The number of alkyl halides is 2. The zero-order valence-corrected chi connectivity index (χ0v) is 14.3. The van der Waals surface area contributed by atoms with Gasteiger partial charge in [0.15, 0.2) is 0 Å². The Morgan fingerprint density at radius 3 is 2.68 bits per heavy atom. The fourth-order valence-electron chi connectivity index (χ4n) is 3.76. The molecule has 25 heavy (non-hydrogen) atoms. The minimum atomic E-state index is -2.61. The summed E-state index contributed by atoms with van der Waals surface area (Å²) in [6.45, 7) is 4.94. The first-order chi connectivity index (χ1) is 11.9. The van der Waals surface area contributed by atoms with Crippen molar-refractivity contribution in [3.63, 3.8) is 0 Å². The van der Waals surface area contributed by atoms with Crippen molar-refractivity contribution in [3.8, 4) is 0 Å². The van der Waals surface area contributed by atoms with Gasteiger partial charge in [-0.2, -0.15) is 0 Å². The van der Waals surface area contributed by atoms with Gasteiger partial charge in [-0.15, -0.1) is 0 Å². The Kier molecular flexibility index (Phi) is 3.98. The van der Waals surface area contributed by atoms with Gasteiger partial charge in [0.1, 0.15) is 12.1 Å². The van der Waals surface area contributed by atoms with Crippen molar-refractivity contribution in [1.29, 1.82) is 0 Å². The number of hydrogen-bond donors (Lipinski definition) is 1. The topological polar surface area (TPSA) is 50.3 Å². The number of benzene rings is 1. The van der Waals surface area contributed by atoms with Gasteiger partial charge in [0.2, 0.25) is 0 Å². The maximum absolute atomic E-state index is 13.7. The molecule has 0 radical (unpaired) electrons. The van der Waals surface area contributed by atoms with Crippen molar-refractivity contribution >= 4 is 22.4 Å². The molecule has 2 heterocycles. The van der Waals surface area contributed by atoms with Gasteiger partial charge in [0.25, 0.3) is 5.92 Å². The fraction of sp³-hybridized carbons (Fsp3) is 0.556. The molecule has 1 aromatic heterocycles. The van der Waals surface area contributed by atoms with Crippen LogP contribution in [0.1, 0.15) is 26.2 Å². The second kappa shape index (κ2) is 6.05. The van der Waals surface area contributed by atoms with E-state index in [1.54, 1.807) is 0 Å². The number of rotatable bonds is 3. The van der Waals surface area contributed by atoms with Crippen LogP contribution in [0.4, 0.5) is 20.3 Å². The number of morpholine rings is 1. The third kappa shape index (κ3) is 3.38. The number of anilines is 2. The van der Waals surface area contributed by atoms with Crippen LogP contribution >= 0.6 is 0 Å². The molecule has 0 spiro atoms. The second-order valence-electron chi connectivity index (χ2n) is 7.24. The number of nitrogens with zero attached hydrogens (tertiary/aromatic N) is 3. The Morgan fingerprint density at radius 1 is 1.16 bits per heavy atom. The molecule has 4 rings (SSSR count). The number of aromatic nitrogens is 2. The van der Waals surface area contributed by atoms with Crippen molar-refractivity contribution in [2.75, 3.05) is 36.5 Å². The molecule has 2 aliphatic rings. The van der Waals surface area contributed by atoms with Crippen molar-refractivity contribution in [1.82, 2.24) is 9.97 Å². The van der Waals surface area contributed by atoms with Gasteiger partial charge in [-0.05, 0) is 31.5 Å². The zero-order chi connectivity index (χ0) is 17.5. The Labute approximate surface area is 145 Å². The van der Waals surface area contributed by atoms with E-state index < -0.39 is 11.5 Å². The molecule has 0 amide bonds. The largest absolute Gasteiger partial charge is 0.378 e. The summed E-state index contributed by atoms with van der Waals surface area (Å²) in [5, 5.41) is 4.14. The number of halogens is 2. The molecule has 1 aliphatic carbocycles. The molecule has 1 unspecified atom stereocenters. The third-order valence-corrected chi connectivity index (χ3v) is 5.11. The first-order valence-electron chi connectivity index (χ1n) is 8.68. The summed E-state index contributed by atoms with van der Waals surface area (Å²) in [6.07, 6.45) is 1.65. The standard InChI is InChI=1S/C18H22F2N4O/c1-17(4-5-18(19,20)11-17)23-16-14-10-13(24-6-8-25-9-7-24)2-3-15(14)21-12-22-16/h2-3,10,12H,4-9,11H2,1H3,(H,21,22,23). The molecule has 1 atom stereocenters. The van der Waals surface area contributed by atoms with Crippen LogP contribution in [0.25, 0.3) is 10.9 Å². The molecule has 1 aliphatic heterocycles. The van der Waals surface area contributed by atoms with Crippen molar-refractivity contribution < 1.29 is 13.5 Å². The lowest BCUT2D eigenvalue weighted by molar-refractivity contribution is 0.00506. The van der Waals surface area contributed by atoms with Crippen LogP contribution in [0, 0.1) is 0 Å². The number of fused-ring (bicyclic) bond motifs is 1. The predicted molar refractivity (Wildman–Crippen MR) is 93.4 cm³/mol. The van der Waals surface area contributed by atoms with E-state index in [0.29, 0.717) is 25.5 Å². The fourth-order valence-corrected chi connectivity index (χ4v) is 3.76. The van der Waals surface area contributed by atoms with Crippen molar-refractivity contribution in [2.24, 2.45) is 0 Å². The Balaban J connectivity index is 1.66. The monoisotopic (exact) mass is 348 g/mol. The number of ether oxygens (including phenoxy) is 1. The molecule has 0 bridgehead atoms. The minimum absolute atomic E-state index is 0.0848. The van der Waals surface area contributed by atoms with Crippen LogP contribution in [-0.4, -0.2) is 47.7 Å². The van der Waals surface area contributed by atoms with E-state index in [0.717, 1.165) is 29.7 Å². The van der Waals surface area contributed by atoms with Crippen LogP contribution in [0.15, 0.2) is 24.5 Å². The average Bonchev–Trinajstić information content (AvgIpc) is 2.88. The SMILES string of the molecule is CC1(Nc2ncnc3ccc(N4CCOCC4)cc23)CCC(F)(F)C1. The van der Waals surface area contributed by atoms with E-state index >= 15 is 0 Å². The van der Waals surface area contributed by atoms with Gasteiger partial charge >= 0.3 is 0 Å². The molecule has 1 aromatic carbocycles.